The lowest BCUT2D eigenvalue weighted by Crippen LogP contribution is -2.23. The first kappa shape index (κ1) is 14.7. The molecule has 0 fully saturated rings. The number of carbonyl (C=O) groups excluding carboxylic acids is 1. The van der Waals surface area contributed by atoms with Crippen molar-refractivity contribution in [3.8, 4) is 0 Å². The molecule has 3 aromatic heterocycles. The number of H-pyrrole nitrogens is 1. The van der Waals surface area contributed by atoms with Crippen LogP contribution in [0, 0.1) is 0 Å². The third kappa shape index (κ3) is 3.18. The third-order valence-electron chi connectivity index (χ3n) is 2.82. The zero-order valence-corrected chi connectivity index (χ0v) is 13.0. The van der Waals surface area contributed by atoms with Crippen LogP contribution in [0.1, 0.15) is 6.92 Å². The van der Waals surface area contributed by atoms with Gasteiger partial charge in [-0.05, 0) is 19.1 Å². The van der Waals surface area contributed by atoms with Crippen molar-refractivity contribution in [1.82, 2.24) is 24.9 Å². The van der Waals surface area contributed by atoms with Crippen molar-refractivity contribution in [3.05, 3.63) is 36.0 Å². The molecule has 0 radical (unpaired) electrons. The molecule has 3 heterocycles. The van der Waals surface area contributed by atoms with E-state index in [4.69, 9.17) is 11.6 Å². The van der Waals surface area contributed by atoms with E-state index in [1.165, 1.54) is 24.3 Å². The fourth-order valence-electron chi connectivity index (χ4n) is 1.73. The summed E-state index contributed by atoms with van der Waals surface area (Å²) < 4.78 is 0. The molecule has 22 heavy (non-hydrogen) atoms. The monoisotopic (exact) mass is 334 g/mol. The maximum Gasteiger partial charge on any atom is 0.238 e. The first-order valence-corrected chi connectivity index (χ1v) is 7.62. The molecule has 1 amide bonds. The van der Waals surface area contributed by atoms with Crippen molar-refractivity contribution in [2.45, 2.75) is 17.2 Å². The number of amides is 1. The maximum atomic E-state index is 12.2. The van der Waals surface area contributed by atoms with Crippen LogP contribution in [0.5, 0.6) is 0 Å². The standard InChI is InChI=1S/C13H11ClN6OS/c1-7(12(21)20-9-3-2-8(14)4-15-9)22-13-10-11(17-5-16-10)18-6-19-13/h2-7H,1H3,(H,15,20,21)(H,16,17,18,19)/t7-/m0/s1. The maximum absolute atomic E-state index is 12.2. The van der Waals surface area contributed by atoms with Crippen molar-refractivity contribution in [2.24, 2.45) is 0 Å². The van der Waals surface area contributed by atoms with E-state index >= 15 is 0 Å². The number of anilines is 1. The summed E-state index contributed by atoms with van der Waals surface area (Å²) in [6, 6.07) is 3.32. The Labute approximate surface area is 134 Å². The molecule has 7 nitrogen and oxygen atoms in total. The predicted octanol–water partition coefficient (Wildman–Crippen LogP) is 2.52. The van der Waals surface area contributed by atoms with Crippen LogP contribution in [0.4, 0.5) is 5.82 Å². The highest BCUT2D eigenvalue weighted by Crippen LogP contribution is 2.26. The summed E-state index contributed by atoms with van der Waals surface area (Å²) >= 11 is 7.08. The summed E-state index contributed by atoms with van der Waals surface area (Å²) in [5.41, 5.74) is 1.29. The van der Waals surface area contributed by atoms with Gasteiger partial charge in [0.15, 0.2) is 5.65 Å². The van der Waals surface area contributed by atoms with Crippen LogP contribution in [0.25, 0.3) is 11.2 Å². The molecular formula is C13H11ClN6OS. The third-order valence-corrected chi connectivity index (χ3v) is 4.15. The lowest BCUT2D eigenvalue weighted by molar-refractivity contribution is -0.115. The molecule has 9 heteroatoms. The minimum atomic E-state index is -0.362. The molecule has 0 aliphatic carbocycles. The minimum Gasteiger partial charge on any atom is -0.341 e. The fourth-order valence-corrected chi connectivity index (χ4v) is 2.72. The second-order valence-corrected chi connectivity index (χ2v) is 6.16. The molecule has 2 N–H and O–H groups in total. The number of thioether (sulfide) groups is 1. The number of carbonyl (C=O) groups is 1. The molecule has 0 aliphatic heterocycles. The van der Waals surface area contributed by atoms with Gasteiger partial charge in [-0.1, -0.05) is 23.4 Å². The minimum absolute atomic E-state index is 0.175. The molecule has 112 valence electrons. The zero-order chi connectivity index (χ0) is 15.5. The van der Waals surface area contributed by atoms with Crippen molar-refractivity contribution in [2.75, 3.05) is 5.32 Å². The largest absolute Gasteiger partial charge is 0.341 e. The Morgan fingerprint density at radius 2 is 2.18 bits per heavy atom. The van der Waals surface area contributed by atoms with E-state index in [0.717, 1.165) is 5.52 Å². The number of rotatable bonds is 4. The molecule has 3 rings (SSSR count). The summed E-state index contributed by atoms with van der Waals surface area (Å²) in [5, 5.41) is 3.56. The number of nitrogens with zero attached hydrogens (tertiary/aromatic N) is 4. The van der Waals surface area contributed by atoms with Crippen LogP contribution in [0.3, 0.4) is 0 Å². The zero-order valence-electron chi connectivity index (χ0n) is 11.4. The van der Waals surface area contributed by atoms with Gasteiger partial charge < -0.3 is 10.3 Å². The van der Waals surface area contributed by atoms with Gasteiger partial charge in [-0.15, -0.1) is 0 Å². The van der Waals surface area contributed by atoms with E-state index in [2.05, 4.69) is 30.2 Å². The van der Waals surface area contributed by atoms with E-state index in [1.807, 2.05) is 0 Å². The normalized spacial score (nSPS) is 12.3. The molecule has 0 saturated carbocycles. The second kappa shape index (κ2) is 6.29. The summed E-state index contributed by atoms with van der Waals surface area (Å²) in [7, 11) is 0. The topological polar surface area (TPSA) is 96.5 Å². The van der Waals surface area contributed by atoms with Gasteiger partial charge in [0, 0.05) is 6.20 Å². The van der Waals surface area contributed by atoms with Gasteiger partial charge in [0.25, 0.3) is 0 Å². The Morgan fingerprint density at radius 1 is 1.32 bits per heavy atom. The summed E-state index contributed by atoms with van der Waals surface area (Å²) in [4.78, 5) is 31.5. The predicted molar refractivity (Wildman–Crippen MR) is 84.9 cm³/mol. The van der Waals surface area contributed by atoms with E-state index in [9.17, 15) is 4.79 Å². The Balaban J connectivity index is 1.71. The lowest BCUT2D eigenvalue weighted by atomic mass is 10.4. The van der Waals surface area contributed by atoms with Gasteiger partial charge in [-0.3, -0.25) is 4.79 Å². The average Bonchev–Trinajstić information content (AvgIpc) is 2.99. The Hall–Kier alpha value is -2.19. The van der Waals surface area contributed by atoms with Crippen LogP contribution in [-0.2, 0) is 4.79 Å². The Bertz CT molecular complexity index is 806. The van der Waals surface area contributed by atoms with Crippen molar-refractivity contribution >= 4 is 46.3 Å². The van der Waals surface area contributed by atoms with Crippen LogP contribution >= 0.6 is 23.4 Å². The molecule has 0 spiro atoms. The number of imidazole rings is 1. The lowest BCUT2D eigenvalue weighted by Gasteiger charge is -2.11. The van der Waals surface area contributed by atoms with E-state index in [0.29, 0.717) is 21.5 Å². The van der Waals surface area contributed by atoms with Crippen molar-refractivity contribution in [1.29, 1.82) is 0 Å². The quantitative estimate of drug-likeness (QED) is 0.562. The first-order chi connectivity index (χ1) is 10.6. The molecule has 0 aromatic carbocycles. The van der Waals surface area contributed by atoms with Crippen LogP contribution < -0.4 is 5.32 Å². The van der Waals surface area contributed by atoms with Gasteiger partial charge >= 0.3 is 0 Å². The molecule has 0 saturated heterocycles. The fraction of sp³-hybridized carbons (Fsp3) is 0.154. The number of fused-ring (bicyclic) bond motifs is 1. The van der Waals surface area contributed by atoms with E-state index < -0.39 is 0 Å². The number of nitrogens with one attached hydrogen (secondary N) is 2. The number of hydrogen-bond donors (Lipinski definition) is 2. The highest BCUT2D eigenvalue weighted by Gasteiger charge is 2.18. The van der Waals surface area contributed by atoms with Crippen molar-refractivity contribution < 1.29 is 4.79 Å². The van der Waals surface area contributed by atoms with Crippen molar-refractivity contribution in [3.63, 3.8) is 0 Å². The molecule has 3 aromatic rings. The number of aromatic amines is 1. The smallest absolute Gasteiger partial charge is 0.238 e. The number of aromatic nitrogens is 5. The molecule has 0 unspecified atom stereocenters. The first-order valence-electron chi connectivity index (χ1n) is 6.36. The SMILES string of the molecule is C[C@H](Sc1ncnc2nc[nH]c12)C(=O)Nc1ccc(Cl)cn1. The van der Waals surface area contributed by atoms with Gasteiger partial charge in [0.1, 0.15) is 22.7 Å². The molecule has 0 aliphatic rings. The number of halogens is 1. The molecule has 1 atom stereocenters. The van der Waals surface area contributed by atoms with E-state index in [-0.39, 0.29) is 11.2 Å². The van der Waals surface area contributed by atoms with Gasteiger partial charge in [-0.25, -0.2) is 19.9 Å². The molecule has 0 bridgehead atoms. The average molecular weight is 335 g/mol. The summed E-state index contributed by atoms with van der Waals surface area (Å²) in [6.07, 6.45) is 4.45. The van der Waals surface area contributed by atoms with Gasteiger partial charge in [0.2, 0.25) is 5.91 Å². The Kier molecular flexibility index (Phi) is 4.21. The summed E-state index contributed by atoms with van der Waals surface area (Å²) in [6.45, 7) is 1.79. The second-order valence-electron chi connectivity index (χ2n) is 4.39. The number of hydrogen-bond acceptors (Lipinski definition) is 6. The summed E-state index contributed by atoms with van der Waals surface area (Å²) in [5.74, 6) is 0.280. The van der Waals surface area contributed by atoms with Gasteiger partial charge in [-0.2, -0.15) is 0 Å². The van der Waals surface area contributed by atoms with Crippen LogP contribution in [-0.4, -0.2) is 36.1 Å². The highest BCUT2D eigenvalue weighted by molar-refractivity contribution is 8.00. The molecular weight excluding hydrogens is 324 g/mol. The Morgan fingerprint density at radius 3 is 2.95 bits per heavy atom. The van der Waals surface area contributed by atoms with Gasteiger partial charge in [0.05, 0.1) is 16.6 Å². The number of pyridine rings is 1. The van der Waals surface area contributed by atoms with Crippen LogP contribution in [0.15, 0.2) is 36.0 Å². The van der Waals surface area contributed by atoms with E-state index in [1.54, 1.807) is 25.4 Å². The van der Waals surface area contributed by atoms with Crippen LogP contribution in [0.2, 0.25) is 5.02 Å². The highest BCUT2D eigenvalue weighted by atomic mass is 35.5.